The van der Waals surface area contributed by atoms with Crippen molar-refractivity contribution in [3.63, 3.8) is 0 Å². The number of aromatic nitrogens is 2. The zero-order chi connectivity index (χ0) is 16.2. The van der Waals surface area contributed by atoms with Gasteiger partial charge in [0.05, 0.1) is 5.56 Å². The minimum absolute atomic E-state index is 0.0216. The molecule has 0 amide bonds. The number of hydrogen-bond donors (Lipinski definition) is 1. The fraction of sp³-hybridized carbons (Fsp3) is 0.467. The van der Waals surface area contributed by atoms with Crippen LogP contribution in [0.2, 0.25) is 0 Å². The number of hydrogen-bond acceptors (Lipinski definition) is 3. The first-order chi connectivity index (χ1) is 10.2. The molecule has 2 aromatic rings. The first kappa shape index (κ1) is 14.9. The van der Waals surface area contributed by atoms with Crippen molar-refractivity contribution in [2.75, 3.05) is 11.9 Å². The van der Waals surface area contributed by atoms with Crippen molar-refractivity contribution in [3.8, 4) is 0 Å². The van der Waals surface area contributed by atoms with Crippen LogP contribution in [0.4, 0.5) is 19.0 Å². The summed E-state index contributed by atoms with van der Waals surface area (Å²) in [5.74, 6) is 0.750. The van der Waals surface area contributed by atoms with Crippen molar-refractivity contribution in [2.24, 2.45) is 0 Å². The average molecular weight is 311 g/mol. The highest BCUT2D eigenvalue weighted by molar-refractivity contribution is 5.83. The molecule has 2 atom stereocenters. The lowest BCUT2D eigenvalue weighted by Crippen LogP contribution is -2.35. The van der Waals surface area contributed by atoms with E-state index in [1.165, 1.54) is 6.07 Å². The summed E-state index contributed by atoms with van der Waals surface area (Å²) in [6, 6.07) is 2.35. The lowest BCUT2D eigenvalue weighted by molar-refractivity contribution is -0.136. The molecule has 1 aliphatic rings. The molecule has 0 saturated heterocycles. The molecule has 0 bridgehead atoms. The molecule has 2 unspecified atom stereocenters. The molecule has 0 aromatic carbocycles. The molecule has 7 heteroatoms. The van der Waals surface area contributed by atoms with Crippen LogP contribution in [0.25, 0.3) is 11.0 Å². The quantitative estimate of drug-likeness (QED) is 0.812. The summed E-state index contributed by atoms with van der Waals surface area (Å²) in [4.78, 5) is 20.2. The molecule has 0 aliphatic carbocycles. The molecule has 22 heavy (non-hydrogen) atoms. The lowest BCUT2D eigenvalue weighted by atomic mass is 9.89. The van der Waals surface area contributed by atoms with Gasteiger partial charge in [0.25, 0.3) is 0 Å². The van der Waals surface area contributed by atoms with E-state index in [4.69, 9.17) is 0 Å². The SMILES string of the molecule is CC1CC(C)N(C)c2nc3[nH]c(=O)cc(C(F)(F)F)c3cc21. The Kier molecular flexibility index (Phi) is 3.19. The number of pyridine rings is 2. The van der Waals surface area contributed by atoms with Crippen molar-refractivity contribution in [3.05, 3.63) is 33.6 Å². The second-order valence-electron chi connectivity index (χ2n) is 5.94. The van der Waals surface area contributed by atoms with Crippen LogP contribution in [-0.2, 0) is 6.18 Å². The highest BCUT2D eigenvalue weighted by atomic mass is 19.4. The van der Waals surface area contributed by atoms with E-state index >= 15 is 0 Å². The van der Waals surface area contributed by atoms with Crippen LogP contribution in [0.3, 0.4) is 0 Å². The Morgan fingerprint density at radius 2 is 2.00 bits per heavy atom. The molecule has 4 nitrogen and oxygen atoms in total. The van der Waals surface area contributed by atoms with Crippen molar-refractivity contribution >= 4 is 16.9 Å². The second kappa shape index (κ2) is 4.72. The number of halogens is 3. The Morgan fingerprint density at radius 3 is 2.64 bits per heavy atom. The Hall–Kier alpha value is -2.05. The summed E-state index contributed by atoms with van der Waals surface area (Å²) in [5.41, 5.74) is -0.973. The third-order valence-corrected chi connectivity index (χ3v) is 4.36. The van der Waals surface area contributed by atoms with E-state index in [1.54, 1.807) is 0 Å². The van der Waals surface area contributed by atoms with Crippen LogP contribution >= 0.6 is 0 Å². The van der Waals surface area contributed by atoms with E-state index < -0.39 is 17.3 Å². The molecule has 0 saturated carbocycles. The summed E-state index contributed by atoms with van der Waals surface area (Å²) in [5, 5.41) is -0.0550. The van der Waals surface area contributed by atoms with E-state index in [2.05, 4.69) is 9.97 Å². The van der Waals surface area contributed by atoms with Gasteiger partial charge in [-0.15, -0.1) is 0 Å². The summed E-state index contributed by atoms with van der Waals surface area (Å²) < 4.78 is 39.5. The second-order valence-corrected chi connectivity index (χ2v) is 5.94. The van der Waals surface area contributed by atoms with Crippen LogP contribution in [0.1, 0.15) is 37.3 Å². The summed E-state index contributed by atoms with van der Waals surface area (Å²) >= 11 is 0. The number of alkyl halides is 3. The van der Waals surface area contributed by atoms with Gasteiger partial charge in [0.1, 0.15) is 11.5 Å². The first-order valence-corrected chi connectivity index (χ1v) is 7.06. The number of nitrogens with zero attached hydrogens (tertiary/aromatic N) is 2. The largest absolute Gasteiger partial charge is 0.417 e. The molecule has 118 valence electrons. The number of fused-ring (bicyclic) bond motifs is 2. The van der Waals surface area contributed by atoms with Crippen LogP contribution in [-0.4, -0.2) is 23.1 Å². The normalized spacial score (nSPS) is 22.0. The van der Waals surface area contributed by atoms with E-state index in [-0.39, 0.29) is 23.0 Å². The van der Waals surface area contributed by atoms with E-state index in [9.17, 15) is 18.0 Å². The zero-order valence-corrected chi connectivity index (χ0v) is 12.5. The van der Waals surface area contributed by atoms with Gasteiger partial charge in [0.2, 0.25) is 5.56 Å². The first-order valence-electron chi connectivity index (χ1n) is 7.06. The highest BCUT2D eigenvalue weighted by Gasteiger charge is 2.35. The lowest BCUT2D eigenvalue weighted by Gasteiger charge is -2.36. The average Bonchev–Trinajstić information content (AvgIpc) is 2.41. The van der Waals surface area contributed by atoms with Gasteiger partial charge < -0.3 is 9.88 Å². The topological polar surface area (TPSA) is 49.0 Å². The molecular weight excluding hydrogens is 295 g/mol. The summed E-state index contributed by atoms with van der Waals surface area (Å²) in [7, 11) is 1.86. The van der Waals surface area contributed by atoms with Crippen molar-refractivity contribution in [2.45, 2.75) is 38.4 Å². The maximum Gasteiger partial charge on any atom is 0.417 e. The van der Waals surface area contributed by atoms with Gasteiger partial charge >= 0.3 is 6.18 Å². The fourth-order valence-electron chi connectivity index (χ4n) is 3.07. The fourth-order valence-corrected chi connectivity index (χ4v) is 3.07. The smallest absolute Gasteiger partial charge is 0.357 e. The maximum atomic E-state index is 13.2. The molecule has 0 radical (unpaired) electrons. The van der Waals surface area contributed by atoms with Gasteiger partial charge in [0.15, 0.2) is 0 Å². The van der Waals surface area contributed by atoms with E-state index in [0.29, 0.717) is 11.9 Å². The molecular formula is C15H16F3N3O. The Labute approximate surface area is 125 Å². The van der Waals surface area contributed by atoms with Crippen LogP contribution in [0, 0.1) is 0 Å². The molecule has 1 N–H and O–H groups in total. The van der Waals surface area contributed by atoms with Crippen molar-refractivity contribution < 1.29 is 13.2 Å². The highest BCUT2D eigenvalue weighted by Crippen LogP contribution is 2.40. The Morgan fingerprint density at radius 1 is 1.32 bits per heavy atom. The van der Waals surface area contributed by atoms with Crippen molar-refractivity contribution in [1.29, 1.82) is 0 Å². The van der Waals surface area contributed by atoms with Crippen molar-refractivity contribution in [1.82, 2.24) is 9.97 Å². The number of aromatic amines is 1. The van der Waals surface area contributed by atoms with Crippen LogP contribution in [0.5, 0.6) is 0 Å². The minimum atomic E-state index is -4.58. The minimum Gasteiger partial charge on any atom is -0.357 e. The monoisotopic (exact) mass is 311 g/mol. The maximum absolute atomic E-state index is 13.2. The predicted octanol–water partition coefficient (Wildman–Crippen LogP) is 3.27. The van der Waals surface area contributed by atoms with Gasteiger partial charge in [0, 0.05) is 24.5 Å². The third-order valence-electron chi connectivity index (χ3n) is 4.36. The Balaban J connectivity index is 2.36. The number of anilines is 1. The van der Waals surface area contributed by atoms with Gasteiger partial charge in [-0.25, -0.2) is 4.98 Å². The van der Waals surface area contributed by atoms with Crippen LogP contribution in [0.15, 0.2) is 16.9 Å². The predicted molar refractivity (Wildman–Crippen MR) is 78.3 cm³/mol. The molecule has 3 rings (SSSR count). The molecule has 2 aromatic heterocycles. The third kappa shape index (κ3) is 2.24. The number of nitrogens with one attached hydrogen (secondary N) is 1. The number of H-pyrrole nitrogens is 1. The van der Waals surface area contributed by atoms with Crippen LogP contribution < -0.4 is 10.5 Å². The summed E-state index contributed by atoms with van der Waals surface area (Å²) in [6.45, 7) is 4.02. The Bertz CT molecular complexity index is 797. The molecule has 3 heterocycles. The van der Waals surface area contributed by atoms with Gasteiger partial charge in [-0.1, -0.05) is 6.92 Å². The number of rotatable bonds is 0. The van der Waals surface area contributed by atoms with Gasteiger partial charge in [-0.2, -0.15) is 13.2 Å². The molecule has 0 spiro atoms. The molecule has 0 fully saturated rings. The van der Waals surface area contributed by atoms with E-state index in [1.807, 2.05) is 25.8 Å². The summed E-state index contributed by atoms with van der Waals surface area (Å²) in [6.07, 6.45) is -3.74. The van der Waals surface area contributed by atoms with Gasteiger partial charge in [-0.3, -0.25) is 4.79 Å². The molecule has 1 aliphatic heterocycles. The standard InChI is InChI=1S/C15H16F3N3O/c1-7-4-8(2)21(3)14-9(7)5-10-11(15(16,17)18)6-12(22)19-13(10)20-14/h5-8H,4H2,1-3H3,(H,19,20,22). The van der Waals surface area contributed by atoms with E-state index in [0.717, 1.165) is 12.0 Å². The van der Waals surface area contributed by atoms with Gasteiger partial charge in [-0.05, 0) is 30.9 Å². The zero-order valence-electron chi connectivity index (χ0n) is 12.5.